The number of ether oxygens (including phenoxy) is 2. The molecular weight excluding hydrogens is 574 g/mol. The number of carbonyl (C=O) groups excluding carboxylic acids is 4. The number of imide groups is 1. The second kappa shape index (κ2) is 10.6. The van der Waals surface area contributed by atoms with Gasteiger partial charge in [-0.05, 0) is 36.0 Å². The molecule has 3 aliphatic carbocycles. The Labute approximate surface area is 259 Å². The predicted octanol–water partition coefficient (Wildman–Crippen LogP) is 4.62. The summed E-state index contributed by atoms with van der Waals surface area (Å²) in [5, 5.41) is 21.2. The van der Waals surface area contributed by atoms with Crippen LogP contribution in [0.3, 0.4) is 0 Å². The van der Waals surface area contributed by atoms with Crippen LogP contribution in [0.25, 0.3) is 5.57 Å². The summed E-state index contributed by atoms with van der Waals surface area (Å²) >= 11 is 0. The van der Waals surface area contributed by atoms with Crippen molar-refractivity contribution in [3.8, 4) is 17.2 Å². The topological polar surface area (TPSA) is 130 Å². The number of Topliss-reactive ketones (excluding diaryl/α,β-unsaturated/α-hetero) is 1. The fourth-order valence-electron chi connectivity index (χ4n) is 8.38. The average molecular weight is 606 g/mol. The van der Waals surface area contributed by atoms with Gasteiger partial charge in [0.15, 0.2) is 11.6 Å². The monoisotopic (exact) mass is 605 g/mol. The fourth-order valence-corrected chi connectivity index (χ4v) is 8.38. The Morgan fingerprint density at radius 3 is 2.09 bits per heavy atom. The van der Waals surface area contributed by atoms with Crippen molar-refractivity contribution >= 4 is 29.0 Å². The van der Waals surface area contributed by atoms with Crippen LogP contribution in [-0.4, -0.2) is 53.0 Å². The van der Waals surface area contributed by atoms with Gasteiger partial charge in [-0.1, -0.05) is 72.3 Å². The molecule has 3 aromatic carbocycles. The number of phenols is 1. The minimum atomic E-state index is -1.49. The Morgan fingerprint density at radius 1 is 0.844 bits per heavy atom. The highest BCUT2D eigenvalue weighted by molar-refractivity contribution is 6.31. The van der Waals surface area contributed by atoms with Crippen molar-refractivity contribution in [3.63, 3.8) is 0 Å². The summed E-state index contributed by atoms with van der Waals surface area (Å²) in [4.78, 5) is 56.3. The van der Waals surface area contributed by atoms with E-state index in [0.717, 1.165) is 0 Å². The molecule has 3 aromatic rings. The zero-order valence-corrected chi connectivity index (χ0v) is 24.7. The molecule has 0 radical (unpaired) electrons. The van der Waals surface area contributed by atoms with Crippen molar-refractivity contribution < 1.29 is 39.0 Å². The number of ketones is 2. The van der Waals surface area contributed by atoms with E-state index < -0.39 is 46.8 Å². The Balaban J connectivity index is 1.58. The third-order valence-corrected chi connectivity index (χ3v) is 10.2. The molecule has 0 spiro atoms. The van der Waals surface area contributed by atoms with Crippen molar-refractivity contribution in [1.82, 2.24) is 5.06 Å². The Bertz CT molecular complexity index is 1790. The van der Waals surface area contributed by atoms with E-state index in [-0.39, 0.29) is 52.3 Å². The molecule has 1 aliphatic heterocycles. The number of phenolic OH excluding ortho intramolecular Hbond substituents is 1. The Morgan fingerprint density at radius 2 is 1.47 bits per heavy atom. The lowest BCUT2D eigenvalue weighted by Crippen LogP contribution is -2.59. The zero-order chi connectivity index (χ0) is 31.6. The van der Waals surface area contributed by atoms with Crippen LogP contribution < -0.4 is 9.47 Å². The number of nitrogens with zero attached hydrogens (tertiary/aromatic N) is 1. The second-order valence-corrected chi connectivity index (χ2v) is 12.0. The van der Waals surface area contributed by atoms with E-state index in [0.29, 0.717) is 22.3 Å². The van der Waals surface area contributed by atoms with Crippen molar-refractivity contribution in [1.29, 1.82) is 0 Å². The van der Waals surface area contributed by atoms with Crippen LogP contribution in [0.15, 0.2) is 90.5 Å². The Hall–Kier alpha value is -5.02. The van der Waals surface area contributed by atoms with E-state index in [9.17, 15) is 24.7 Å². The first-order valence-electron chi connectivity index (χ1n) is 14.9. The largest absolute Gasteiger partial charge is 0.508 e. The maximum atomic E-state index is 15.0. The van der Waals surface area contributed by atoms with Gasteiger partial charge in [-0.25, -0.2) is 0 Å². The molecule has 7 rings (SSSR count). The Kier molecular flexibility index (Phi) is 6.74. The van der Waals surface area contributed by atoms with E-state index in [4.69, 9.17) is 9.47 Å². The van der Waals surface area contributed by atoms with Gasteiger partial charge in [-0.15, -0.1) is 0 Å². The molecule has 228 valence electrons. The summed E-state index contributed by atoms with van der Waals surface area (Å²) in [6.07, 6.45) is 3.57. The number of benzene rings is 3. The van der Waals surface area contributed by atoms with E-state index in [1.807, 2.05) is 42.5 Å². The summed E-state index contributed by atoms with van der Waals surface area (Å²) < 4.78 is 11.6. The molecule has 2 N–H and O–H groups in total. The molecule has 0 bridgehead atoms. The molecule has 4 aliphatic rings. The first-order valence-corrected chi connectivity index (χ1v) is 14.9. The number of methoxy groups -OCH3 is 2. The third kappa shape index (κ3) is 3.96. The van der Waals surface area contributed by atoms with E-state index in [1.54, 1.807) is 24.3 Å². The van der Waals surface area contributed by atoms with Gasteiger partial charge < -0.3 is 14.6 Å². The number of amides is 2. The number of hydrogen-bond acceptors (Lipinski definition) is 8. The van der Waals surface area contributed by atoms with Gasteiger partial charge in [-0.2, -0.15) is 5.06 Å². The summed E-state index contributed by atoms with van der Waals surface area (Å²) in [5.74, 6) is -5.79. The van der Waals surface area contributed by atoms with Crippen molar-refractivity contribution in [2.24, 2.45) is 23.7 Å². The molecule has 1 heterocycles. The zero-order valence-electron chi connectivity index (χ0n) is 24.7. The van der Waals surface area contributed by atoms with E-state index in [1.165, 1.54) is 32.4 Å². The molecular formula is C36H31NO8. The number of allylic oxidation sites excluding steroid dienone is 4. The smallest absolute Gasteiger partial charge is 0.257 e. The number of hydrogen-bond donors (Lipinski definition) is 2. The average Bonchev–Trinajstić information content (AvgIpc) is 3.29. The van der Waals surface area contributed by atoms with Crippen molar-refractivity contribution in [2.45, 2.75) is 24.2 Å². The quantitative estimate of drug-likeness (QED) is 0.245. The number of rotatable bonds is 5. The van der Waals surface area contributed by atoms with Crippen LogP contribution in [0.4, 0.5) is 0 Å². The summed E-state index contributed by atoms with van der Waals surface area (Å²) in [6.45, 7) is 0. The molecule has 9 nitrogen and oxygen atoms in total. The van der Waals surface area contributed by atoms with Crippen LogP contribution in [0.2, 0.25) is 0 Å². The van der Waals surface area contributed by atoms with E-state index >= 15 is 4.79 Å². The molecule has 45 heavy (non-hydrogen) atoms. The van der Waals surface area contributed by atoms with Gasteiger partial charge in [0.1, 0.15) is 17.2 Å². The maximum Gasteiger partial charge on any atom is 0.257 e. The van der Waals surface area contributed by atoms with Gasteiger partial charge in [0, 0.05) is 35.1 Å². The molecule has 6 atom stereocenters. The van der Waals surface area contributed by atoms with Crippen LogP contribution in [0.5, 0.6) is 17.2 Å². The number of aromatic hydroxyl groups is 1. The summed E-state index contributed by atoms with van der Waals surface area (Å²) in [5.41, 5.74) is 1.12. The summed E-state index contributed by atoms with van der Waals surface area (Å²) in [6, 6.07) is 21.0. The number of fused-ring (bicyclic) bond motifs is 4. The lowest BCUT2D eigenvalue weighted by Gasteiger charge is -2.55. The lowest BCUT2D eigenvalue weighted by molar-refractivity contribution is -0.173. The van der Waals surface area contributed by atoms with Gasteiger partial charge in [0.2, 0.25) is 0 Å². The van der Waals surface area contributed by atoms with Gasteiger partial charge >= 0.3 is 0 Å². The van der Waals surface area contributed by atoms with Gasteiger partial charge in [-0.3, -0.25) is 24.4 Å². The highest BCUT2D eigenvalue weighted by atomic mass is 16.5. The first-order chi connectivity index (χ1) is 21.7. The minimum Gasteiger partial charge on any atom is -0.508 e. The molecule has 9 heteroatoms. The standard InChI is InChI=1S/C36H31NO8/c1-44-27-15-21(38)16-28(45-2)31(27)32-22-13-14-23-30(35(42)37(43)34(23)41)25(22)17-26-33(40)24(19-9-5-3-6-10-19)18-29(39)36(26,32)20-11-7-4-8-12-20/h3-13,15-16,18,23,25-26,30,32,38,43H,14,17H2,1-2H3. The first kappa shape index (κ1) is 28.7. The van der Waals surface area contributed by atoms with Crippen LogP contribution in [0, 0.1) is 23.7 Å². The molecule has 2 amide bonds. The second-order valence-electron chi connectivity index (χ2n) is 12.0. The van der Waals surface area contributed by atoms with Crippen molar-refractivity contribution in [2.75, 3.05) is 14.2 Å². The predicted molar refractivity (Wildman–Crippen MR) is 161 cm³/mol. The van der Waals surface area contributed by atoms with E-state index in [2.05, 4.69) is 0 Å². The van der Waals surface area contributed by atoms with Crippen LogP contribution in [-0.2, 0) is 24.6 Å². The fraction of sp³-hybridized carbons (Fsp3) is 0.278. The normalized spacial score (nSPS) is 29.0. The highest BCUT2D eigenvalue weighted by Crippen LogP contribution is 2.65. The molecule has 0 aromatic heterocycles. The maximum absolute atomic E-state index is 15.0. The van der Waals surface area contributed by atoms with Crippen LogP contribution in [0.1, 0.15) is 35.4 Å². The number of hydroxylamine groups is 2. The van der Waals surface area contributed by atoms with Crippen LogP contribution >= 0.6 is 0 Å². The molecule has 1 saturated carbocycles. The lowest BCUT2D eigenvalue weighted by atomic mass is 9.44. The minimum absolute atomic E-state index is 0.0999. The molecule has 1 saturated heterocycles. The van der Waals surface area contributed by atoms with Gasteiger partial charge in [0.05, 0.1) is 31.5 Å². The summed E-state index contributed by atoms with van der Waals surface area (Å²) in [7, 11) is 2.89. The molecule has 2 fully saturated rings. The third-order valence-electron chi connectivity index (χ3n) is 10.2. The SMILES string of the molecule is COc1cc(O)cc(OC)c1C1C2=CCC3C(=O)N(O)C(=O)C3C2CC2C(=O)C(c3ccccc3)=CC(=O)C21c1ccccc1. The number of carbonyl (C=O) groups is 4. The van der Waals surface area contributed by atoms with Crippen molar-refractivity contribution in [3.05, 3.63) is 107 Å². The highest BCUT2D eigenvalue weighted by Gasteiger charge is 2.66. The van der Waals surface area contributed by atoms with Gasteiger partial charge in [0.25, 0.3) is 11.8 Å². The molecule has 6 unspecified atom stereocenters.